The van der Waals surface area contributed by atoms with E-state index in [1.165, 1.54) is 16.8 Å². The summed E-state index contributed by atoms with van der Waals surface area (Å²) in [6.45, 7) is 8.76. The highest BCUT2D eigenvalue weighted by Gasteiger charge is 2.24. The van der Waals surface area contributed by atoms with Crippen LogP contribution in [0.3, 0.4) is 0 Å². The molecule has 0 amide bonds. The predicted molar refractivity (Wildman–Crippen MR) is 80.9 cm³/mol. The van der Waals surface area contributed by atoms with Gasteiger partial charge in [0, 0.05) is 24.3 Å². The van der Waals surface area contributed by atoms with E-state index in [2.05, 4.69) is 49.2 Å². The number of aryl methyl sites for hydroxylation is 2. The van der Waals surface area contributed by atoms with Gasteiger partial charge in [-0.25, -0.2) is 0 Å². The summed E-state index contributed by atoms with van der Waals surface area (Å²) in [5.74, 6) is 0. The van der Waals surface area contributed by atoms with E-state index in [9.17, 15) is 5.11 Å². The van der Waals surface area contributed by atoms with Gasteiger partial charge in [-0.1, -0.05) is 25.1 Å². The van der Waals surface area contributed by atoms with Gasteiger partial charge in [0.1, 0.15) is 0 Å². The number of rotatable bonds is 3. The zero-order chi connectivity index (χ0) is 13.8. The standard InChI is InChI=1S/C16H26N2O/c1-4-14-7-5-6-12(2)16(14)18-10-15(11-19)17-9-8-13(18)3/h5-7,13,15,17,19H,4,8-11H2,1-3H3. The summed E-state index contributed by atoms with van der Waals surface area (Å²) in [6, 6.07) is 7.24. The lowest BCUT2D eigenvalue weighted by Gasteiger charge is -2.34. The molecule has 1 fully saturated rings. The zero-order valence-corrected chi connectivity index (χ0v) is 12.3. The van der Waals surface area contributed by atoms with Crippen molar-refractivity contribution in [2.75, 3.05) is 24.6 Å². The molecule has 2 unspecified atom stereocenters. The number of benzene rings is 1. The molecular weight excluding hydrogens is 236 g/mol. The van der Waals surface area contributed by atoms with E-state index >= 15 is 0 Å². The van der Waals surface area contributed by atoms with E-state index in [0.717, 1.165) is 25.9 Å². The lowest BCUT2D eigenvalue weighted by Crippen LogP contribution is -2.42. The first-order valence-corrected chi connectivity index (χ1v) is 7.36. The molecule has 1 saturated heterocycles. The minimum absolute atomic E-state index is 0.175. The van der Waals surface area contributed by atoms with Crippen LogP contribution >= 0.6 is 0 Å². The summed E-state index contributed by atoms with van der Waals surface area (Å²) < 4.78 is 0. The van der Waals surface area contributed by atoms with Crippen molar-refractivity contribution in [3.63, 3.8) is 0 Å². The maximum Gasteiger partial charge on any atom is 0.0601 e. The summed E-state index contributed by atoms with van der Waals surface area (Å²) in [6.07, 6.45) is 2.17. The number of hydrogen-bond donors (Lipinski definition) is 2. The number of hydrogen-bond acceptors (Lipinski definition) is 3. The van der Waals surface area contributed by atoms with Crippen LogP contribution < -0.4 is 10.2 Å². The second kappa shape index (κ2) is 6.40. The van der Waals surface area contributed by atoms with Crippen molar-refractivity contribution in [3.05, 3.63) is 29.3 Å². The minimum Gasteiger partial charge on any atom is -0.395 e. The number of nitrogens with zero attached hydrogens (tertiary/aromatic N) is 1. The molecule has 2 N–H and O–H groups in total. The van der Waals surface area contributed by atoms with Gasteiger partial charge >= 0.3 is 0 Å². The van der Waals surface area contributed by atoms with Crippen LogP contribution in [0.25, 0.3) is 0 Å². The number of aliphatic hydroxyl groups is 1. The lowest BCUT2D eigenvalue weighted by molar-refractivity contribution is 0.248. The van der Waals surface area contributed by atoms with Crippen LogP contribution in [0.2, 0.25) is 0 Å². The Kier molecular flexibility index (Phi) is 4.83. The second-order valence-electron chi connectivity index (χ2n) is 5.56. The molecule has 19 heavy (non-hydrogen) atoms. The molecule has 1 aromatic carbocycles. The maximum atomic E-state index is 9.47. The molecule has 3 heteroatoms. The van der Waals surface area contributed by atoms with E-state index in [0.29, 0.717) is 6.04 Å². The van der Waals surface area contributed by atoms with Gasteiger partial charge in [-0.3, -0.25) is 0 Å². The molecule has 0 aliphatic carbocycles. The molecule has 0 saturated carbocycles. The van der Waals surface area contributed by atoms with Crippen LogP contribution in [0.4, 0.5) is 5.69 Å². The number of anilines is 1. The Morgan fingerprint density at radius 2 is 2.21 bits per heavy atom. The van der Waals surface area contributed by atoms with Crippen LogP contribution in [-0.4, -0.2) is 36.9 Å². The molecule has 0 aromatic heterocycles. The first-order valence-electron chi connectivity index (χ1n) is 7.36. The van der Waals surface area contributed by atoms with Gasteiger partial charge in [0.15, 0.2) is 0 Å². The van der Waals surface area contributed by atoms with Gasteiger partial charge < -0.3 is 15.3 Å². The molecule has 0 radical (unpaired) electrons. The van der Waals surface area contributed by atoms with E-state index in [1.807, 2.05) is 0 Å². The van der Waals surface area contributed by atoms with Gasteiger partial charge in [0.25, 0.3) is 0 Å². The van der Waals surface area contributed by atoms with Crippen molar-refractivity contribution in [3.8, 4) is 0 Å². The maximum absolute atomic E-state index is 9.47. The van der Waals surface area contributed by atoms with Crippen molar-refractivity contribution < 1.29 is 5.11 Å². The van der Waals surface area contributed by atoms with Crippen LogP contribution in [0.5, 0.6) is 0 Å². The fourth-order valence-electron chi connectivity index (χ4n) is 2.98. The number of nitrogens with one attached hydrogen (secondary N) is 1. The first-order chi connectivity index (χ1) is 9.17. The Morgan fingerprint density at radius 3 is 2.89 bits per heavy atom. The third kappa shape index (κ3) is 3.10. The fourth-order valence-corrected chi connectivity index (χ4v) is 2.98. The quantitative estimate of drug-likeness (QED) is 0.876. The molecule has 1 aromatic rings. The summed E-state index contributed by atoms with van der Waals surface area (Å²) >= 11 is 0. The third-order valence-corrected chi connectivity index (χ3v) is 4.15. The molecule has 106 valence electrons. The van der Waals surface area contributed by atoms with Crippen molar-refractivity contribution in [2.24, 2.45) is 0 Å². The van der Waals surface area contributed by atoms with Crippen LogP contribution in [-0.2, 0) is 6.42 Å². The monoisotopic (exact) mass is 262 g/mol. The van der Waals surface area contributed by atoms with Crippen molar-refractivity contribution in [1.29, 1.82) is 0 Å². The zero-order valence-electron chi connectivity index (χ0n) is 12.3. The SMILES string of the molecule is CCc1cccc(C)c1N1CC(CO)NCCC1C. The van der Waals surface area contributed by atoms with Gasteiger partial charge in [-0.05, 0) is 44.4 Å². The molecular formula is C16H26N2O. The molecule has 1 aliphatic heterocycles. The van der Waals surface area contributed by atoms with E-state index in [4.69, 9.17) is 0 Å². The molecule has 3 nitrogen and oxygen atoms in total. The largest absolute Gasteiger partial charge is 0.395 e. The number of para-hydroxylation sites is 1. The Labute approximate surface area is 116 Å². The van der Waals surface area contributed by atoms with Gasteiger partial charge in [0.05, 0.1) is 6.61 Å². The predicted octanol–water partition coefficient (Wildman–Crippen LogP) is 2.11. The molecule has 1 aliphatic rings. The minimum atomic E-state index is 0.175. The Morgan fingerprint density at radius 1 is 1.42 bits per heavy atom. The van der Waals surface area contributed by atoms with Gasteiger partial charge in [0.2, 0.25) is 0 Å². The smallest absolute Gasteiger partial charge is 0.0601 e. The normalized spacial score (nSPS) is 24.3. The van der Waals surface area contributed by atoms with Crippen molar-refractivity contribution in [2.45, 2.75) is 45.7 Å². The Bertz CT molecular complexity index is 419. The molecule has 1 heterocycles. The first kappa shape index (κ1) is 14.4. The number of aliphatic hydroxyl groups excluding tert-OH is 1. The highest BCUT2D eigenvalue weighted by Crippen LogP contribution is 2.29. The molecule has 0 bridgehead atoms. The Hall–Kier alpha value is -1.06. The van der Waals surface area contributed by atoms with Crippen LogP contribution in [0, 0.1) is 6.92 Å². The molecule has 2 rings (SSSR count). The fraction of sp³-hybridized carbons (Fsp3) is 0.625. The summed E-state index contributed by atoms with van der Waals surface area (Å²) in [5, 5.41) is 12.9. The highest BCUT2D eigenvalue weighted by molar-refractivity contribution is 5.60. The van der Waals surface area contributed by atoms with Crippen LogP contribution in [0.15, 0.2) is 18.2 Å². The van der Waals surface area contributed by atoms with E-state index < -0.39 is 0 Å². The lowest BCUT2D eigenvalue weighted by atomic mass is 10.0. The molecule has 0 spiro atoms. The summed E-state index contributed by atoms with van der Waals surface area (Å²) in [7, 11) is 0. The average molecular weight is 262 g/mol. The summed E-state index contributed by atoms with van der Waals surface area (Å²) in [4.78, 5) is 2.48. The van der Waals surface area contributed by atoms with E-state index in [1.54, 1.807) is 0 Å². The van der Waals surface area contributed by atoms with Gasteiger partial charge in [-0.2, -0.15) is 0 Å². The second-order valence-corrected chi connectivity index (χ2v) is 5.56. The topological polar surface area (TPSA) is 35.5 Å². The van der Waals surface area contributed by atoms with Crippen molar-refractivity contribution >= 4 is 5.69 Å². The van der Waals surface area contributed by atoms with Gasteiger partial charge in [-0.15, -0.1) is 0 Å². The van der Waals surface area contributed by atoms with Crippen molar-refractivity contribution in [1.82, 2.24) is 5.32 Å². The average Bonchev–Trinajstić information content (AvgIpc) is 2.60. The van der Waals surface area contributed by atoms with Crippen LogP contribution in [0.1, 0.15) is 31.4 Å². The van der Waals surface area contributed by atoms with E-state index in [-0.39, 0.29) is 12.6 Å². The third-order valence-electron chi connectivity index (χ3n) is 4.15. The Balaban J connectivity index is 2.36. The molecule has 2 atom stereocenters. The summed E-state index contributed by atoms with van der Waals surface area (Å²) in [5.41, 5.74) is 4.12. The highest BCUT2D eigenvalue weighted by atomic mass is 16.3.